The highest BCUT2D eigenvalue weighted by Crippen LogP contribution is 2.68. The van der Waals surface area contributed by atoms with Crippen LogP contribution in [0, 0.1) is 11.3 Å². The number of anilines is 1. The van der Waals surface area contributed by atoms with E-state index in [-0.39, 0.29) is 6.61 Å². The predicted molar refractivity (Wildman–Crippen MR) is 112 cm³/mol. The highest BCUT2D eigenvalue weighted by atomic mass is 32.2. The summed E-state index contributed by atoms with van der Waals surface area (Å²) < 4.78 is 10.3. The van der Waals surface area contributed by atoms with E-state index in [1.165, 1.54) is 25.9 Å². The lowest BCUT2D eigenvalue weighted by atomic mass is 9.67. The molecule has 10 nitrogen and oxygen atoms in total. The zero-order valence-corrected chi connectivity index (χ0v) is 19.1. The zero-order chi connectivity index (χ0) is 23.6. The third-order valence-corrected chi connectivity index (χ3v) is 8.01. The molecule has 3 aliphatic heterocycles. The van der Waals surface area contributed by atoms with Gasteiger partial charge < -0.3 is 14.4 Å². The van der Waals surface area contributed by atoms with Crippen molar-refractivity contribution in [3.8, 4) is 0 Å². The van der Waals surface area contributed by atoms with Crippen LogP contribution in [0.5, 0.6) is 0 Å². The van der Waals surface area contributed by atoms with Gasteiger partial charge in [0.25, 0.3) is 0 Å². The van der Waals surface area contributed by atoms with Crippen LogP contribution < -0.4 is 4.90 Å². The molecule has 2 fully saturated rings. The minimum atomic E-state index is -2.11. The van der Waals surface area contributed by atoms with E-state index in [1.54, 1.807) is 36.9 Å². The fourth-order valence-corrected chi connectivity index (χ4v) is 6.80. The SMILES string of the molecule is CCOC(=O)[C@@H]1[C@@H](C(=O)OC)C2(C(=O)N(C)C(=O)N(C)C2=O)C2(C)Sc3ccccc3N12. The van der Waals surface area contributed by atoms with Gasteiger partial charge in [-0.3, -0.25) is 24.2 Å². The van der Waals surface area contributed by atoms with E-state index in [2.05, 4.69) is 0 Å². The van der Waals surface area contributed by atoms with Gasteiger partial charge in [-0.1, -0.05) is 23.9 Å². The van der Waals surface area contributed by atoms with Crippen LogP contribution in [0.2, 0.25) is 0 Å². The molecule has 0 N–H and O–H groups in total. The lowest BCUT2D eigenvalue weighted by Crippen LogP contribution is -2.71. The molecule has 1 aromatic carbocycles. The summed E-state index contributed by atoms with van der Waals surface area (Å²) >= 11 is 1.20. The van der Waals surface area contributed by atoms with Gasteiger partial charge in [-0.2, -0.15) is 0 Å². The van der Waals surface area contributed by atoms with Crippen LogP contribution in [-0.2, 0) is 28.7 Å². The molecule has 0 radical (unpaired) electrons. The van der Waals surface area contributed by atoms with Crippen LogP contribution in [0.25, 0.3) is 0 Å². The van der Waals surface area contributed by atoms with Crippen LogP contribution >= 0.6 is 11.8 Å². The average molecular weight is 461 g/mol. The highest BCUT2D eigenvalue weighted by molar-refractivity contribution is 8.01. The summed E-state index contributed by atoms with van der Waals surface area (Å²) in [5.41, 5.74) is -1.52. The number of para-hydroxylation sites is 1. The first-order valence-corrected chi connectivity index (χ1v) is 10.8. The Hall–Kier alpha value is -3.08. The second-order valence-electron chi connectivity index (χ2n) is 7.94. The number of fused-ring (bicyclic) bond motifs is 4. The molecule has 4 amide bonds. The van der Waals surface area contributed by atoms with E-state index in [0.29, 0.717) is 5.69 Å². The first-order chi connectivity index (χ1) is 15.1. The molecule has 1 unspecified atom stereocenters. The topological polar surface area (TPSA) is 114 Å². The number of urea groups is 1. The normalized spacial score (nSPS) is 28.2. The Labute approximate surface area is 188 Å². The first-order valence-electron chi connectivity index (χ1n) is 10.0. The number of benzene rings is 1. The van der Waals surface area contributed by atoms with Gasteiger partial charge in [0.2, 0.25) is 11.8 Å². The maximum Gasteiger partial charge on any atom is 0.332 e. The van der Waals surface area contributed by atoms with E-state index in [9.17, 15) is 24.0 Å². The van der Waals surface area contributed by atoms with E-state index < -0.39 is 52.0 Å². The molecule has 11 heteroatoms. The van der Waals surface area contributed by atoms with Crippen molar-refractivity contribution >= 4 is 47.2 Å². The summed E-state index contributed by atoms with van der Waals surface area (Å²) in [7, 11) is 3.63. The van der Waals surface area contributed by atoms with Gasteiger partial charge in [0.05, 0.1) is 19.4 Å². The number of methoxy groups -OCH3 is 1. The summed E-state index contributed by atoms with van der Waals surface area (Å²) in [6.45, 7) is 3.30. The van der Waals surface area contributed by atoms with Gasteiger partial charge in [-0.15, -0.1) is 0 Å². The van der Waals surface area contributed by atoms with Crippen molar-refractivity contribution in [1.29, 1.82) is 0 Å². The summed E-state index contributed by atoms with van der Waals surface area (Å²) in [6, 6.07) is 4.99. The number of esters is 2. The molecule has 32 heavy (non-hydrogen) atoms. The number of ether oxygens (including phenoxy) is 2. The number of hydrogen-bond acceptors (Lipinski definition) is 9. The standard InChI is InChI=1S/C21H23N3O7S/c1-6-31-16(26)14-13(15(25)30-5)21(17(27)22(3)19(29)23(4)18(21)28)20(2)24(14)11-9-7-8-10-12(11)32-20/h7-10,13-14H,6H2,1-5H3/t13-,14-,20?/m0/s1. The van der Waals surface area contributed by atoms with Crippen LogP contribution in [0.4, 0.5) is 10.5 Å². The Morgan fingerprint density at radius 1 is 1.06 bits per heavy atom. The third-order valence-electron chi connectivity index (χ3n) is 6.53. The smallest absolute Gasteiger partial charge is 0.332 e. The van der Waals surface area contributed by atoms with Crippen molar-refractivity contribution in [1.82, 2.24) is 9.80 Å². The number of barbiturate groups is 1. The number of amides is 4. The first kappa shape index (κ1) is 22.1. The number of carbonyl (C=O) groups excluding carboxylic acids is 5. The number of imide groups is 2. The molecule has 0 aromatic heterocycles. The molecule has 0 saturated carbocycles. The zero-order valence-electron chi connectivity index (χ0n) is 18.3. The molecular weight excluding hydrogens is 438 g/mol. The Balaban J connectivity index is 2.08. The average Bonchev–Trinajstić information content (AvgIpc) is 3.20. The van der Waals surface area contributed by atoms with Crippen molar-refractivity contribution in [2.75, 3.05) is 32.7 Å². The van der Waals surface area contributed by atoms with Gasteiger partial charge in [0.1, 0.15) is 16.8 Å². The molecule has 4 rings (SSSR count). The molecule has 0 aliphatic carbocycles. The van der Waals surface area contributed by atoms with E-state index in [0.717, 1.165) is 21.8 Å². The van der Waals surface area contributed by atoms with Crippen LogP contribution in [-0.4, -0.2) is 78.3 Å². The quantitative estimate of drug-likeness (QED) is 0.482. The Morgan fingerprint density at radius 2 is 1.66 bits per heavy atom. The number of carbonyl (C=O) groups is 5. The molecule has 2 saturated heterocycles. The second-order valence-corrected chi connectivity index (χ2v) is 9.38. The van der Waals surface area contributed by atoms with Gasteiger partial charge in [0, 0.05) is 19.0 Å². The summed E-state index contributed by atoms with van der Waals surface area (Å²) in [4.78, 5) is 69.2. The van der Waals surface area contributed by atoms with Crippen molar-refractivity contribution in [2.24, 2.45) is 11.3 Å². The molecular formula is C21H23N3O7S. The Morgan fingerprint density at radius 3 is 2.22 bits per heavy atom. The maximum atomic E-state index is 13.8. The number of nitrogens with zero attached hydrogens (tertiary/aromatic N) is 3. The molecule has 170 valence electrons. The van der Waals surface area contributed by atoms with Crippen LogP contribution in [0.15, 0.2) is 29.2 Å². The molecule has 3 aliphatic rings. The highest BCUT2D eigenvalue weighted by Gasteiger charge is 2.82. The second kappa shape index (κ2) is 7.22. The van der Waals surface area contributed by atoms with Crippen molar-refractivity contribution in [3.63, 3.8) is 0 Å². The molecule has 0 bridgehead atoms. The monoisotopic (exact) mass is 461 g/mol. The van der Waals surface area contributed by atoms with Gasteiger partial charge in [-0.05, 0) is 26.0 Å². The van der Waals surface area contributed by atoms with Gasteiger partial charge >= 0.3 is 18.0 Å². The van der Waals surface area contributed by atoms with Crippen molar-refractivity contribution < 1.29 is 33.4 Å². The lowest BCUT2D eigenvalue weighted by Gasteiger charge is -2.48. The molecule has 3 heterocycles. The number of hydrogen-bond donors (Lipinski definition) is 0. The maximum absolute atomic E-state index is 13.8. The van der Waals surface area contributed by atoms with Crippen LogP contribution in [0.1, 0.15) is 13.8 Å². The van der Waals surface area contributed by atoms with E-state index in [4.69, 9.17) is 9.47 Å². The minimum absolute atomic E-state index is 0.0375. The van der Waals surface area contributed by atoms with Crippen molar-refractivity contribution in [3.05, 3.63) is 24.3 Å². The summed E-state index contributed by atoms with van der Waals surface area (Å²) in [6.07, 6.45) is 0. The van der Waals surface area contributed by atoms with Crippen LogP contribution in [0.3, 0.4) is 0 Å². The summed E-state index contributed by atoms with van der Waals surface area (Å²) in [5, 5.41) is 0. The van der Waals surface area contributed by atoms with Gasteiger partial charge in [-0.25, -0.2) is 9.59 Å². The lowest BCUT2D eigenvalue weighted by molar-refractivity contribution is -0.172. The molecule has 3 atom stereocenters. The van der Waals surface area contributed by atoms with Gasteiger partial charge in [0.15, 0.2) is 5.41 Å². The Bertz CT molecular complexity index is 1040. The molecule has 1 spiro atoms. The molecule has 1 aromatic rings. The fourth-order valence-electron chi connectivity index (χ4n) is 5.18. The minimum Gasteiger partial charge on any atom is -0.469 e. The predicted octanol–water partition coefficient (Wildman–Crippen LogP) is 1.09. The largest absolute Gasteiger partial charge is 0.469 e. The van der Waals surface area contributed by atoms with E-state index >= 15 is 0 Å². The number of thioether (sulfide) groups is 1. The summed E-state index contributed by atoms with van der Waals surface area (Å²) in [5.74, 6) is -4.92. The van der Waals surface area contributed by atoms with E-state index in [1.807, 2.05) is 6.07 Å². The Kier molecular flexibility index (Phi) is 5.00. The fraction of sp³-hybridized carbons (Fsp3) is 0.476. The third kappa shape index (κ3) is 2.39. The number of rotatable bonds is 3. The van der Waals surface area contributed by atoms with Crippen molar-refractivity contribution in [2.45, 2.75) is 29.7 Å².